The maximum atomic E-state index is 12.6. The number of hydrazone groups is 1. The van der Waals surface area contributed by atoms with Gasteiger partial charge in [0.1, 0.15) is 11.5 Å². The first kappa shape index (κ1) is 19.6. The standard InChI is InChI=1S/C23H21N3O4/c1-14-8-10-16(11-9-14)22(27)26-25-18-6-3-7-19-20(18)15(2)21(30-19)23(28)29-17-5-4-12-24-13-17/h4-5,8-13H,3,6-7H2,1-2H3,(H,26,27)/b25-18+. The third-order valence-electron chi connectivity index (χ3n) is 4.96. The molecule has 1 amide bonds. The molecular weight excluding hydrogens is 382 g/mol. The molecule has 0 bridgehead atoms. The normalized spacial score (nSPS) is 14.3. The van der Waals surface area contributed by atoms with Crippen molar-refractivity contribution in [3.05, 3.63) is 82.6 Å². The molecule has 0 radical (unpaired) electrons. The van der Waals surface area contributed by atoms with Crippen LogP contribution >= 0.6 is 0 Å². The number of nitrogens with one attached hydrogen (secondary N) is 1. The summed E-state index contributed by atoms with van der Waals surface area (Å²) in [4.78, 5) is 28.9. The fourth-order valence-corrected chi connectivity index (χ4v) is 3.42. The monoisotopic (exact) mass is 403 g/mol. The molecule has 4 rings (SSSR count). The molecule has 0 aliphatic heterocycles. The number of nitrogens with zero attached hydrogens (tertiary/aromatic N) is 2. The minimum Gasteiger partial charge on any atom is -0.453 e. The van der Waals surface area contributed by atoms with Gasteiger partial charge in [0.25, 0.3) is 5.91 Å². The molecule has 2 aromatic heterocycles. The van der Waals surface area contributed by atoms with E-state index in [1.54, 1.807) is 37.4 Å². The number of aromatic nitrogens is 1. The number of pyridine rings is 1. The summed E-state index contributed by atoms with van der Waals surface area (Å²) in [5, 5.41) is 4.34. The SMILES string of the molecule is Cc1ccc(C(=O)N/N=C2\CCCc3oc(C(=O)Oc4cccnc4)c(C)c32)cc1. The van der Waals surface area contributed by atoms with Gasteiger partial charge in [0, 0.05) is 29.3 Å². The average Bonchev–Trinajstić information content (AvgIpc) is 3.10. The van der Waals surface area contributed by atoms with Gasteiger partial charge in [-0.3, -0.25) is 9.78 Å². The van der Waals surface area contributed by atoms with E-state index in [0.29, 0.717) is 41.2 Å². The first-order chi connectivity index (χ1) is 14.5. The summed E-state index contributed by atoms with van der Waals surface area (Å²) in [7, 11) is 0. The predicted molar refractivity (Wildman–Crippen MR) is 111 cm³/mol. The fraction of sp³-hybridized carbons (Fsp3) is 0.217. The van der Waals surface area contributed by atoms with Gasteiger partial charge in [0.05, 0.1) is 11.9 Å². The Kier molecular flexibility index (Phi) is 5.43. The zero-order chi connectivity index (χ0) is 21.1. The van der Waals surface area contributed by atoms with Gasteiger partial charge in [0.2, 0.25) is 5.76 Å². The Hall–Kier alpha value is -3.74. The topological polar surface area (TPSA) is 93.8 Å². The molecule has 2 heterocycles. The van der Waals surface area contributed by atoms with Crippen LogP contribution in [0.1, 0.15) is 56.2 Å². The minimum atomic E-state index is -0.585. The zero-order valence-corrected chi connectivity index (χ0v) is 16.8. The first-order valence-corrected chi connectivity index (χ1v) is 9.71. The van der Waals surface area contributed by atoms with Crippen LogP contribution in [0.15, 0.2) is 58.3 Å². The van der Waals surface area contributed by atoms with Crippen molar-refractivity contribution in [2.45, 2.75) is 33.1 Å². The van der Waals surface area contributed by atoms with Gasteiger partial charge < -0.3 is 9.15 Å². The second-order valence-corrected chi connectivity index (χ2v) is 7.15. The number of ether oxygens (including phenoxy) is 1. The van der Waals surface area contributed by atoms with Gasteiger partial charge in [-0.25, -0.2) is 10.2 Å². The van der Waals surface area contributed by atoms with Crippen LogP contribution in [-0.2, 0) is 6.42 Å². The Bertz CT molecular complexity index is 1120. The quantitative estimate of drug-likeness (QED) is 0.525. The number of fused-ring (bicyclic) bond motifs is 1. The number of carbonyl (C=O) groups excluding carboxylic acids is 2. The van der Waals surface area contributed by atoms with E-state index in [0.717, 1.165) is 17.5 Å². The van der Waals surface area contributed by atoms with Crippen molar-refractivity contribution < 1.29 is 18.7 Å². The molecular formula is C23H21N3O4. The maximum Gasteiger partial charge on any atom is 0.379 e. The molecule has 0 fully saturated rings. The Morgan fingerprint density at radius 3 is 2.67 bits per heavy atom. The van der Waals surface area contributed by atoms with Gasteiger partial charge in [0.15, 0.2) is 0 Å². The van der Waals surface area contributed by atoms with Gasteiger partial charge >= 0.3 is 5.97 Å². The third-order valence-corrected chi connectivity index (χ3v) is 4.96. The smallest absolute Gasteiger partial charge is 0.379 e. The van der Waals surface area contributed by atoms with E-state index in [1.165, 1.54) is 6.20 Å². The zero-order valence-electron chi connectivity index (χ0n) is 16.8. The molecule has 0 saturated heterocycles. The Balaban J connectivity index is 1.56. The van der Waals surface area contributed by atoms with Crippen LogP contribution in [0.5, 0.6) is 5.75 Å². The van der Waals surface area contributed by atoms with Crippen LogP contribution in [0.2, 0.25) is 0 Å². The van der Waals surface area contributed by atoms with Gasteiger partial charge in [-0.2, -0.15) is 5.10 Å². The van der Waals surface area contributed by atoms with E-state index in [4.69, 9.17) is 9.15 Å². The highest BCUT2D eigenvalue weighted by Gasteiger charge is 2.29. The molecule has 0 saturated carbocycles. The highest BCUT2D eigenvalue weighted by molar-refractivity contribution is 6.06. The number of amides is 1. The number of aryl methyl sites for hydroxylation is 2. The number of carbonyl (C=O) groups is 2. The van der Waals surface area contributed by atoms with E-state index < -0.39 is 5.97 Å². The molecule has 0 atom stereocenters. The Labute approximate surface area is 173 Å². The minimum absolute atomic E-state index is 0.142. The first-order valence-electron chi connectivity index (χ1n) is 9.71. The number of furan rings is 1. The molecule has 0 unspecified atom stereocenters. The summed E-state index contributed by atoms with van der Waals surface area (Å²) in [6.45, 7) is 3.76. The molecule has 1 aliphatic rings. The van der Waals surface area contributed by atoms with Crippen LogP contribution in [0.3, 0.4) is 0 Å². The van der Waals surface area contributed by atoms with E-state index in [-0.39, 0.29) is 11.7 Å². The summed E-state index contributed by atoms with van der Waals surface area (Å²) in [6, 6.07) is 10.6. The molecule has 7 heteroatoms. The molecule has 1 aliphatic carbocycles. The van der Waals surface area contributed by atoms with Crippen molar-refractivity contribution in [2.24, 2.45) is 5.10 Å². The second-order valence-electron chi connectivity index (χ2n) is 7.15. The lowest BCUT2D eigenvalue weighted by Gasteiger charge is -2.13. The highest BCUT2D eigenvalue weighted by atomic mass is 16.5. The van der Waals surface area contributed by atoms with Crippen LogP contribution in [-0.4, -0.2) is 22.6 Å². The van der Waals surface area contributed by atoms with Gasteiger partial charge in [-0.1, -0.05) is 17.7 Å². The number of hydrogen-bond acceptors (Lipinski definition) is 6. The lowest BCUT2D eigenvalue weighted by atomic mass is 9.93. The summed E-state index contributed by atoms with van der Waals surface area (Å²) in [5.74, 6) is 0.295. The second kappa shape index (κ2) is 8.32. The predicted octanol–water partition coefficient (Wildman–Crippen LogP) is 3.98. The maximum absolute atomic E-state index is 12.6. The summed E-state index contributed by atoms with van der Waals surface area (Å²) in [5.41, 5.74) is 6.34. The van der Waals surface area contributed by atoms with Gasteiger partial charge in [-0.15, -0.1) is 0 Å². The average molecular weight is 403 g/mol. The van der Waals surface area contributed by atoms with E-state index in [9.17, 15) is 9.59 Å². The molecule has 152 valence electrons. The van der Waals surface area contributed by atoms with Crippen molar-refractivity contribution in [1.82, 2.24) is 10.4 Å². The van der Waals surface area contributed by atoms with E-state index >= 15 is 0 Å². The van der Waals surface area contributed by atoms with Crippen molar-refractivity contribution in [2.75, 3.05) is 0 Å². The summed E-state index contributed by atoms with van der Waals surface area (Å²) < 4.78 is 11.2. The summed E-state index contributed by atoms with van der Waals surface area (Å²) >= 11 is 0. The van der Waals surface area contributed by atoms with Crippen LogP contribution in [0, 0.1) is 13.8 Å². The van der Waals surface area contributed by atoms with Crippen molar-refractivity contribution in [1.29, 1.82) is 0 Å². The fourth-order valence-electron chi connectivity index (χ4n) is 3.42. The number of hydrogen-bond donors (Lipinski definition) is 1. The van der Waals surface area contributed by atoms with Crippen molar-refractivity contribution in [3.63, 3.8) is 0 Å². The molecule has 3 aromatic rings. The van der Waals surface area contributed by atoms with Crippen LogP contribution < -0.4 is 10.2 Å². The van der Waals surface area contributed by atoms with E-state index in [1.807, 2.05) is 19.1 Å². The molecule has 7 nitrogen and oxygen atoms in total. The van der Waals surface area contributed by atoms with Crippen molar-refractivity contribution >= 4 is 17.6 Å². The number of esters is 1. The third kappa shape index (κ3) is 4.00. The number of benzene rings is 1. The van der Waals surface area contributed by atoms with Crippen molar-refractivity contribution in [3.8, 4) is 5.75 Å². The molecule has 30 heavy (non-hydrogen) atoms. The van der Waals surface area contributed by atoms with Crippen LogP contribution in [0.25, 0.3) is 0 Å². The highest BCUT2D eigenvalue weighted by Crippen LogP contribution is 2.30. The molecule has 1 aromatic carbocycles. The Morgan fingerprint density at radius 2 is 1.93 bits per heavy atom. The van der Waals surface area contributed by atoms with Gasteiger partial charge in [-0.05, 0) is 51.0 Å². The van der Waals surface area contributed by atoms with E-state index in [2.05, 4.69) is 15.5 Å². The summed E-state index contributed by atoms with van der Waals surface area (Å²) in [6.07, 6.45) is 5.25. The number of rotatable bonds is 4. The molecule has 0 spiro atoms. The molecule has 1 N–H and O–H groups in total. The van der Waals surface area contributed by atoms with Crippen LogP contribution in [0.4, 0.5) is 0 Å². The lowest BCUT2D eigenvalue weighted by molar-refractivity contribution is 0.0697. The lowest BCUT2D eigenvalue weighted by Crippen LogP contribution is -2.22. The Morgan fingerprint density at radius 1 is 1.13 bits per heavy atom. The largest absolute Gasteiger partial charge is 0.453 e.